The molecule has 0 atom stereocenters. The summed E-state index contributed by atoms with van der Waals surface area (Å²) in [5.41, 5.74) is 2.30. The first kappa shape index (κ1) is 16.4. The van der Waals surface area contributed by atoms with Crippen LogP contribution in [0.3, 0.4) is 0 Å². The van der Waals surface area contributed by atoms with Crippen LogP contribution >= 0.6 is 11.8 Å². The summed E-state index contributed by atoms with van der Waals surface area (Å²) in [6, 6.07) is 0.404. The molecule has 0 aromatic carbocycles. The van der Waals surface area contributed by atoms with Crippen molar-refractivity contribution in [1.82, 2.24) is 14.9 Å². The van der Waals surface area contributed by atoms with Gasteiger partial charge in [-0.15, -0.1) is 0 Å². The van der Waals surface area contributed by atoms with Crippen molar-refractivity contribution < 1.29 is 4.79 Å². The molecule has 21 heavy (non-hydrogen) atoms. The zero-order valence-corrected chi connectivity index (χ0v) is 14.3. The van der Waals surface area contributed by atoms with Crippen molar-refractivity contribution in [2.24, 2.45) is 0 Å². The molecule has 1 aliphatic carbocycles. The monoisotopic (exact) mass is 309 g/mol. The average molecular weight is 309 g/mol. The normalized spacial score (nSPS) is 15.6. The van der Waals surface area contributed by atoms with Crippen molar-refractivity contribution in [3.05, 3.63) is 11.4 Å². The number of amides is 1. The molecule has 0 saturated heterocycles. The van der Waals surface area contributed by atoms with Crippen molar-refractivity contribution in [3.63, 3.8) is 0 Å². The summed E-state index contributed by atoms with van der Waals surface area (Å²) in [5.74, 6) is 0.616. The maximum atomic E-state index is 12.0. The van der Waals surface area contributed by atoms with Gasteiger partial charge >= 0.3 is 0 Å². The number of hydrogen-bond acceptors (Lipinski definition) is 3. The minimum absolute atomic E-state index is 0.146. The molecule has 1 amide bonds. The number of hydrogen-bond donors (Lipinski definition) is 1. The van der Waals surface area contributed by atoms with Crippen LogP contribution in [-0.2, 0) is 11.3 Å². The Morgan fingerprint density at radius 2 is 2.10 bits per heavy atom. The summed E-state index contributed by atoms with van der Waals surface area (Å²) in [6.07, 6.45) is 7.09. The Labute approximate surface area is 132 Å². The minimum atomic E-state index is 0.146. The van der Waals surface area contributed by atoms with E-state index in [2.05, 4.69) is 28.7 Å². The van der Waals surface area contributed by atoms with Gasteiger partial charge in [-0.25, -0.2) is 4.98 Å². The highest BCUT2D eigenvalue weighted by molar-refractivity contribution is 7.99. The van der Waals surface area contributed by atoms with Crippen molar-refractivity contribution >= 4 is 17.7 Å². The summed E-state index contributed by atoms with van der Waals surface area (Å²) in [5, 5.41) is 4.12. The van der Waals surface area contributed by atoms with Gasteiger partial charge < -0.3 is 9.88 Å². The van der Waals surface area contributed by atoms with Crippen LogP contribution in [0, 0.1) is 13.8 Å². The molecule has 0 unspecified atom stereocenters. The van der Waals surface area contributed by atoms with E-state index < -0.39 is 0 Å². The molecular formula is C16H27N3OS. The molecule has 1 fully saturated rings. The van der Waals surface area contributed by atoms with E-state index in [1.54, 1.807) is 11.8 Å². The molecule has 0 aliphatic heterocycles. The molecule has 118 valence electrons. The number of carbonyl (C=O) groups is 1. The number of thioether (sulfide) groups is 1. The Hall–Kier alpha value is -0.970. The first-order valence-corrected chi connectivity index (χ1v) is 9.06. The zero-order valence-electron chi connectivity index (χ0n) is 13.4. The van der Waals surface area contributed by atoms with Gasteiger partial charge in [0.2, 0.25) is 5.91 Å². The van der Waals surface area contributed by atoms with Crippen LogP contribution in [0.5, 0.6) is 0 Å². The van der Waals surface area contributed by atoms with Crippen LogP contribution < -0.4 is 5.32 Å². The second-order valence-electron chi connectivity index (χ2n) is 5.91. The summed E-state index contributed by atoms with van der Waals surface area (Å²) in [4.78, 5) is 16.6. The molecular weight excluding hydrogens is 282 g/mol. The first-order valence-electron chi connectivity index (χ1n) is 8.07. The number of imidazole rings is 1. The van der Waals surface area contributed by atoms with Gasteiger partial charge in [-0.2, -0.15) is 0 Å². The lowest BCUT2D eigenvalue weighted by molar-refractivity contribution is -0.119. The molecule has 1 saturated carbocycles. The van der Waals surface area contributed by atoms with E-state index in [-0.39, 0.29) is 5.91 Å². The van der Waals surface area contributed by atoms with Crippen LogP contribution in [0.2, 0.25) is 0 Å². The Morgan fingerprint density at radius 3 is 2.76 bits per heavy atom. The Morgan fingerprint density at radius 1 is 1.38 bits per heavy atom. The third-order valence-corrected chi connectivity index (χ3v) is 5.19. The Kier molecular flexibility index (Phi) is 6.15. The molecule has 1 aliphatic rings. The third kappa shape index (κ3) is 4.50. The molecule has 1 heterocycles. The van der Waals surface area contributed by atoms with Gasteiger partial charge in [0.15, 0.2) is 5.16 Å². The molecule has 1 N–H and O–H groups in total. The largest absolute Gasteiger partial charge is 0.353 e. The smallest absolute Gasteiger partial charge is 0.230 e. The topological polar surface area (TPSA) is 46.9 Å². The van der Waals surface area contributed by atoms with Crippen molar-refractivity contribution in [3.8, 4) is 0 Å². The van der Waals surface area contributed by atoms with Gasteiger partial charge in [-0.1, -0.05) is 37.9 Å². The Bertz CT molecular complexity index is 478. The standard InChI is InChI=1S/C16H27N3OS/c1-4-5-10-19-13(3)12(2)17-16(19)21-11-15(20)18-14-8-6-7-9-14/h14H,4-11H2,1-3H3,(H,18,20). The maximum Gasteiger partial charge on any atom is 0.230 e. The summed E-state index contributed by atoms with van der Waals surface area (Å²) < 4.78 is 2.26. The molecule has 2 rings (SSSR count). The van der Waals surface area contributed by atoms with E-state index in [4.69, 9.17) is 0 Å². The molecule has 0 bridgehead atoms. The number of nitrogens with one attached hydrogen (secondary N) is 1. The second kappa shape index (κ2) is 7.87. The van der Waals surface area contributed by atoms with Gasteiger partial charge in [-0.05, 0) is 33.1 Å². The molecule has 1 aromatic heterocycles. The van der Waals surface area contributed by atoms with E-state index in [0.29, 0.717) is 11.8 Å². The van der Waals surface area contributed by atoms with Gasteiger partial charge in [0, 0.05) is 18.3 Å². The lowest BCUT2D eigenvalue weighted by Crippen LogP contribution is -2.33. The van der Waals surface area contributed by atoms with Crippen LogP contribution in [0.15, 0.2) is 5.16 Å². The highest BCUT2D eigenvalue weighted by Crippen LogP contribution is 2.22. The molecule has 4 nitrogen and oxygen atoms in total. The number of aromatic nitrogens is 2. The zero-order chi connectivity index (χ0) is 15.2. The van der Waals surface area contributed by atoms with Crippen LogP contribution in [0.1, 0.15) is 56.8 Å². The number of carbonyl (C=O) groups excluding carboxylic acids is 1. The SMILES string of the molecule is CCCCn1c(SCC(=O)NC2CCCC2)nc(C)c1C. The van der Waals surface area contributed by atoms with E-state index in [1.807, 2.05) is 6.92 Å². The quantitative estimate of drug-likeness (QED) is 0.785. The molecule has 0 radical (unpaired) electrons. The van der Waals surface area contributed by atoms with Crippen molar-refractivity contribution in [2.45, 2.75) is 77.0 Å². The highest BCUT2D eigenvalue weighted by Gasteiger charge is 2.18. The number of unbranched alkanes of at least 4 members (excludes halogenated alkanes) is 1. The van der Waals surface area contributed by atoms with Gasteiger partial charge in [0.05, 0.1) is 11.4 Å². The van der Waals surface area contributed by atoms with Gasteiger partial charge in [0.25, 0.3) is 0 Å². The summed E-state index contributed by atoms with van der Waals surface area (Å²) in [7, 11) is 0. The van der Waals surface area contributed by atoms with E-state index >= 15 is 0 Å². The minimum Gasteiger partial charge on any atom is -0.353 e. The van der Waals surface area contributed by atoms with Crippen LogP contribution in [-0.4, -0.2) is 27.3 Å². The number of aryl methyl sites for hydroxylation is 1. The fraction of sp³-hybridized carbons (Fsp3) is 0.750. The number of rotatable bonds is 7. The van der Waals surface area contributed by atoms with Crippen LogP contribution in [0.25, 0.3) is 0 Å². The van der Waals surface area contributed by atoms with Crippen molar-refractivity contribution in [2.75, 3.05) is 5.75 Å². The maximum absolute atomic E-state index is 12.0. The van der Waals surface area contributed by atoms with E-state index in [1.165, 1.54) is 25.0 Å². The lowest BCUT2D eigenvalue weighted by Gasteiger charge is -2.12. The summed E-state index contributed by atoms with van der Waals surface area (Å²) >= 11 is 1.56. The fourth-order valence-electron chi connectivity index (χ4n) is 2.78. The summed E-state index contributed by atoms with van der Waals surface area (Å²) in [6.45, 7) is 7.35. The second-order valence-corrected chi connectivity index (χ2v) is 6.85. The van der Waals surface area contributed by atoms with Crippen molar-refractivity contribution in [1.29, 1.82) is 0 Å². The van der Waals surface area contributed by atoms with Gasteiger partial charge in [0.1, 0.15) is 0 Å². The predicted octanol–water partition coefficient (Wildman–Crippen LogP) is 3.45. The van der Waals surface area contributed by atoms with Crippen LogP contribution in [0.4, 0.5) is 0 Å². The average Bonchev–Trinajstić information content (AvgIpc) is 3.05. The molecule has 1 aromatic rings. The third-order valence-electron chi connectivity index (χ3n) is 4.21. The van der Waals surface area contributed by atoms with E-state index in [0.717, 1.165) is 36.7 Å². The molecule has 5 heteroatoms. The van der Waals surface area contributed by atoms with E-state index in [9.17, 15) is 4.79 Å². The van der Waals surface area contributed by atoms with Gasteiger partial charge in [-0.3, -0.25) is 4.79 Å². The lowest BCUT2D eigenvalue weighted by atomic mass is 10.2. The first-order chi connectivity index (χ1) is 10.1. The predicted molar refractivity (Wildman–Crippen MR) is 87.7 cm³/mol. The number of nitrogens with zero attached hydrogens (tertiary/aromatic N) is 2. The molecule has 0 spiro atoms. The Balaban J connectivity index is 1.89. The fourth-order valence-corrected chi connectivity index (χ4v) is 3.71. The highest BCUT2D eigenvalue weighted by atomic mass is 32.2.